The van der Waals surface area contributed by atoms with Gasteiger partial charge < -0.3 is 21.1 Å². The lowest BCUT2D eigenvalue weighted by molar-refractivity contribution is -0.120. The first-order valence-electron chi connectivity index (χ1n) is 10.8. The predicted molar refractivity (Wildman–Crippen MR) is 119 cm³/mol. The second-order valence-electron chi connectivity index (χ2n) is 8.16. The van der Waals surface area contributed by atoms with Crippen molar-refractivity contribution in [1.29, 1.82) is 0 Å². The van der Waals surface area contributed by atoms with Gasteiger partial charge in [-0.05, 0) is 36.5 Å². The molecule has 2 unspecified atom stereocenters. The number of carbonyl (C=O) groups is 1. The molecule has 2 fully saturated rings. The van der Waals surface area contributed by atoms with Crippen LogP contribution in [0.25, 0.3) is 11.7 Å². The Bertz CT molecular complexity index is 1140. The van der Waals surface area contributed by atoms with Gasteiger partial charge in [0.05, 0.1) is 18.7 Å². The maximum Gasteiger partial charge on any atom is 0.226 e. The first kappa shape index (κ1) is 19.6. The SMILES string of the molecule is CCC(Nc1cc(NC2CC2)n2ncc(C=C3CC(=O)NC3O)c2n1)c1ccccc1. The van der Waals surface area contributed by atoms with Crippen LogP contribution in [0, 0.1) is 0 Å². The number of aromatic nitrogens is 3. The Morgan fingerprint density at radius 2 is 2.13 bits per heavy atom. The predicted octanol–water partition coefficient (Wildman–Crippen LogP) is 3.09. The number of hydrogen-bond acceptors (Lipinski definition) is 6. The van der Waals surface area contributed by atoms with Gasteiger partial charge in [0.2, 0.25) is 5.91 Å². The fraction of sp³-hybridized carbons (Fsp3) is 0.348. The molecule has 31 heavy (non-hydrogen) atoms. The third-order valence-electron chi connectivity index (χ3n) is 5.72. The van der Waals surface area contributed by atoms with Crippen molar-refractivity contribution in [2.45, 2.75) is 50.9 Å². The Labute approximate surface area is 180 Å². The highest BCUT2D eigenvalue weighted by atomic mass is 16.3. The van der Waals surface area contributed by atoms with Gasteiger partial charge in [-0.1, -0.05) is 37.3 Å². The number of amides is 1. The second-order valence-corrected chi connectivity index (χ2v) is 8.16. The van der Waals surface area contributed by atoms with Crippen LogP contribution in [-0.4, -0.2) is 37.9 Å². The maximum absolute atomic E-state index is 11.6. The number of aliphatic hydroxyl groups excluding tert-OH is 1. The van der Waals surface area contributed by atoms with Gasteiger partial charge in [0.25, 0.3) is 0 Å². The molecule has 8 nitrogen and oxygen atoms in total. The number of nitrogens with zero attached hydrogens (tertiary/aromatic N) is 3. The Morgan fingerprint density at radius 1 is 1.32 bits per heavy atom. The van der Waals surface area contributed by atoms with Crippen LogP contribution in [0.5, 0.6) is 0 Å². The molecule has 3 heterocycles. The Kier molecular flexibility index (Phi) is 5.07. The molecule has 8 heteroatoms. The average molecular weight is 419 g/mol. The van der Waals surface area contributed by atoms with Crippen LogP contribution in [-0.2, 0) is 4.79 Å². The molecule has 0 bridgehead atoms. The van der Waals surface area contributed by atoms with E-state index >= 15 is 0 Å². The topological polar surface area (TPSA) is 104 Å². The molecule has 1 aromatic carbocycles. The van der Waals surface area contributed by atoms with E-state index in [0.717, 1.165) is 36.5 Å². The summed E-state index contributed by atoms with van der Waals surface area (Å²) in [5, 5.41) is 24.2. The highest BCUT2D eigenvalue weighted by Crippen LogP contribution is 2.30. The van der Waals surface area contributed by atoms with E-state index in [-0.39, 0.29) is 18.4 Å². The van der Waals surface area contributed by atoms with E-state index in [9.17, 15) is 9.90 Å². The lowest BCUT2D eigenvalue weighted by atomic mass is 10.0. The van der Waals surface area contributed by atoms with Crippen LogP contribution in [0.2, 0.25) is 0 Å². The summed E-state index contributed by atoms with van der Waals surface area (Å²) in [6.45, 7) is 2.15. The number of carbonyl (C=O) groups excluding carboxylic acids is 1. The highest BCUT2D eigenvalue weighted by molar-refractivity contribution is 5.85. The van der Waals surface area contributed by atoms with Crippen LogP contribution < -0.4 is 16.0 Å². The minimum Gasteiger partial charge on any atom is -0.370 e. The number of anilines is 2. The number of rotatable bonds is 7. The molecule has 1 aliphatic heterocycles. The van der Waals surface area contributed by atoms with Gasteiger partial charge >= 0.3 is 0 Å². The number of hydrogen-bond donors (Lipinski definition) is 4. The number of benzene rings is 1. The highest BCUT2D eigenvalue weighted by Gasteiger charge is 2.26. The van der Waals surface area contributed by atoms with Crippen LogP contribution >= 0.6 is 0 Å². The average Bonchev–Trinajstić information content (AvgIpc) is 3.41. The molecule has 2 aliphatic rings. The van der Waals surface area contributed by atoms with Crippen molar-refractivity contribution in [2.24, 2.45) is 0 Å². The lowest BCUT2D eigenvalue weighted by Crippen LogP contribution is -2.25. The first-order valence-corrected chi connectivity index (χ1v) is 10.8. The zero-order chi connectivity index (χ0) is 21.4. The molecule has 0 spiro atoms. The number of nitrogens with one attached hydrogen (secondary N) is 3. The summed E-state index contributed by atoms with van der Waals surface area (Å²) < 4.78 is 1.79. The lowest BCUT2D eigenvalue weighted by Gasteiger charge is -2.19. The van der Waals surface area contributed by atoms with Crippen molar-refractivity contribution in [1.82, 2.24) is 19.9 Å². The van der Waals surface area contributed by atoms with Crippen molar-refractivity contribution in [2.75, 3.05) is 10.6 Å². The van der Waals surface area contributed by atoms with Gasteiger partial charge in [0.1, 0.15) is 17.9 Å². The van der Waals surface area contributed by atoms with Crippen molar-refractivity contribution < 1.29 is 9.90 Å². The first-order chi connectivity index (χ1) is 15.1. The molecule has 1 saturated carbocycles. The Morgan fingerprint density at radius 3 is 2.81 bits per heavy atom. The zero-order valence-corrected chi connectivity index (χ0v) is 17.4. The summed E-state index contributed by atoms with van der Waals surface area (Å²) in [7, 11) is 0. The van der Waals surface area contributed by atoms with Gasteiger partial charge in [-0.25, -0.2) is 4.98 Å². The standard InChI is InChI=1S/C23H26N6O2/c1-2-18(14-6-4-3-5-7-14)26-19-12-20(25-17-8-9-17)29-22(27-19)16(13-24-29)10-15-11-21(30)28-23(15)31/h3-7,10,12-13,17-18,23,25,31H,2,8-9,11H2,1H3,(H,26,27)(H,28,30). The summed E-state index contributed by atoms with van der Waals surface area (Å²) in [6.07, 6.45) is 5.95. The molecule has 4 N–H and O–H groups in total. The number of aliphatic hydroxyl groups is 1. The fourth-order valence-electron chi connectivity index (χ4n) is 3.89. The van der Waals surface area contributed by atoms with E-state index in [1.54, 1.807) is 16.8 Å². The Balaban J connectivity index is 1.53. The van der Waals surface area contributed by atoms with Crippen LogP contribution in [0.3, 0.4) is 0 Å². The van der Waals surface area contributed by atoms with Gasteiger partial charge in [-0.15, -0.1) is 0 Å². The van der Waals surface area contributed by atoms with Crippen molar-refractivity contribution in [3.8, 4) is 0 Å². The van der Waals surface area contributed by atoms with E-state index in [1.807, 2.05) is 24.3 Å². The van der Waals surface area contributed by atoms with Crippen molar-refractivity contribution in [3.05, 3.63) is 59.3 Å². The third kappa shape index (κ3) is 4.11. The molecule has 1 saturated heterocycles. The monoisotopic (exact) mass is 418 g/mol. The molecular formula is C23H26N6O2. The molecule has 3 aromatic rings. The largest absolute Gasteiger partial charge is 0.370 e. The molecular weight excluding hydrogens is 392 g/mol. The van der Waals surface area contributed by atoms with E-state index in [0.29, 0.717) is 17.3 Å². The molecule has 1 amide bonds. The van der Waals surface area contributed by atoms with E-state index in [4.69, 9.17) is 4.98 Å². The van der Waals surface area contributed by atoms with Crippen LogP contribution in [0.4, 0.5) is 11.6 Å². The quantitative estimate of drug-likeness (QED) is 0.470. The Hall–Kier alpha value is -3.39. The molecule has 160 valence electrons. The summed E-state index contributed by atoms with van der Waals surface area (Å²) in [5.41, 5.74) is 3.27. The summed E-state index contributed by atoms with van der Waals surface area (Å²) in [4.78, 5) is 16.5. The zero-order valence-electron chi connectivity index (χ0n) is 17.4. The van der Waals surface area contributed by atoms with Crippen molar-refractivity contribution >= 4 is 29.3 Å². The van der Waals surface area contributed by atoms with Crippen molar-refractivity contribution in [3.63, 3.8) is 0 Å². The molecule has 2 aromatic heterocycles. The van der Waals surface area contributed by atoms with E-state index in [2.05, 4.69) is 40.1 Å². The van der Waals surface area contributed by atoms with Crippen LogP contribution in [0.1, 0.15) is 49.8 Å². The maximum atomic E-state index is 11.6. The third-order valence-corrected chi connectivity index (χ3v) is 5.72. The minimum atomic E-state index is -0.963. The molecule has 1 aliphatic carbocycles. The van der Waals surface area contributed by atoms with Gasteiger partial charge in [0.15, 0.2) is 5.65 Å². The second kappa shape index (κ2) is 8.03. The minimum absolute atomic E-state index is 0.133. The van der Waals surface area contributed by atoms with E-state index in [1.165, 1.54) is 5.56 Å². The summed E-state index contributed by atoms with van der Waals surface area (Å²) in [6, 6.07) is 12.9. The van der Waals surface area contributed by atoms with Gasteiger partial charge in [-0.3, -0.25) is 4.79 Å². The van der Waals surface area contributed by atoms with Crippen LogP contribution in [0.15, 0.2) is 48.2 Å². The van der Waals surface area contributed by atoms with Gasteiger partial charge in [-0.2, -0.15) is 9.61 Å². The molecule has 5 rings (SSSR count). The summed E-state index contributed by atoms with van der Waals surface area (Å²) >= 11 is 0. The summed E-state index contributed by atoms with van der Waals surface area (Å²) in [5.74, 6) is 1.45. The molecule has 0 radical (unpaired) electrons. The molecule has 2 atom stereocenters. The normalized spacial score (nSPS) is 20.8. The fourth-order valence-corrected chi connectivity index (χ4v) is 3.89. The number of fused-ring (bicyclic) bond motifs is 1. The smallest absolute Gasteiger partial charge is 0.226 e. The van der Waals surface area contributed by atoms with Gasteiger partial charge in [0, 0.05) is 17.7 Å². The van der Waals surface area contributed by atoms with E-state index < -0.39 is 6.23 Å².